The number of hydrogen-bond acceptors (Lipinski definition) is 7. The minimum Gasteiger partial charge on any atom is -0.299 e. The number of benzene rings is 1. The average Bonchev–Trinajstić information content (AvgIpc) is 3.58. The molecule has 0 saturated heterocycles. The molecule has 1 aromatic carbocycles. The molecule has 0 spiro atoms. The molecule has 5 heterocycles. The molecule has 0 radical (unpaired) electrons. The van der Waals surface area contributed by atoms with Gasteiger partial charge in [-0.2, -0.15) is 23.4 Å². The van der Waals surface area contributed by atoms with Gasteiger partial charge in [0.15, 0.2) is 11.6 Å². The first-order valence-electron chi connectivity index (χ1n) is 16.3. The number of nitrogens with zero attached hydrogens (tertiary/aromatic N) is 6. The van der Waals surface area contributed by atoms with Gasteiger partial charge in [0, 0.05) is 66.2 Å². The number of pyridine rings is 1. The van der Waals surface area contributed by atoms with Gasteiger partial charge in [0.25, 0.3) is 0 Å². The molecule has 4 aromatic rings. The predicted octanol–water partition coefficient (Wildman–Crippen LogP) is 7.91. The third kappa shape index (κ3) is 5.32. The molecule has 13 heteroatoms. The van der Waals surface area contributed by atoms with Crippen LogP contribution in [0.25, 0.3) is 0 Å². The quantitative estimate of drug-likeness (QED) is 0.229. The van der Waals surface area contributed by atoms with E-state index in [2.05, 4.69) is 41.2 Å². The van der Waals surface area contributed by atoms with Gasteiger partial charge in [-0.1, -0.05) is 57.2 Å². The van der Waals surface area contributed by atoms with E-state index in [4.69, 9.17) is 4.99 Å². The van der Waals surface area contributed by atoms with E-state index in [9.17, 15) is 9.59 Å². The number of Topliss-reactive ketones (excluding diaryl/α,β-unsaturated/α-hetero) is 2. The van der Waals surface area contributed by atoms with E-state index >= 15 is 13.2 Å². The van der Waals surface area contributed by atoms with Crippen LogP contribution in [0.5, 0.6) is 0 Å². The van der Waals surface area contributed by atoms with Crippen LogP contribution in [0, 0.1) is 22.7 Å². The van der Waals surface area contributed by atoms with Gasteiger partial charge in [-0.15, -0.1) is 0 Å². The topological polar surface area (TPSA) is 118 Å². The number of hydrogen-bond donors (Lipinski definition) is 1. The highest BCUT2D eigenvalue weighted by Crippen LogP contribution is 2.54. The van der Waals surface area contributed by atoms with E-state index in [1.807, 2.05) is 51.1 Å². The van der Waals surface area contributed by atoms with Crippen LogP contribution in [0.1, 0.15) is 86.2 Å². The molecule has 252 valence electrons. The molecule has 5 unspecified atom stereocenters. The number of rotatable bonds is 4. The number of fused-ring (bicyclic) bond motifs is 4. The maximum Gasteiger partial charge on any atom is 0.433 e. The molecule has 0 bridgehead atoms. The second-order valence-electron chi connectivity index (χ2n) is 14.9. The van der Waals surface area contributed by atoms with Crippen LogP contribution in [-0.2, 0) is 22.3 Å². The lowest BCUT2D eigenvalue weighted by atomic mass is 9.63. The van der Waals surface area contributed by atoms with E-state index < -0.39 is 35.0 Å². The van der Waals surface area contributed by atoms with Crippen molar-refractivity contribution in [3.8, 4) is 0 Å². The van der Waals surface area contributed by atoms with Crippen LogP contribution in [0.2, 0.25) is 0 Å². The van der Waals surface area contributed by atoms with Crippen molar-refractivity contribution in [1.29, 1.82) is 0 Å². The average molecular weight is 733 g/mol. The second kappa shape index (κ2) is 11.1. The van der Waals surface area contributed by atoms with Crippen molar-refractivity contribution in [3.05, 3.63) is 87.4 Å². The maximum atomic E-state index is 15.3. The summed E-state index contributed by atoms with van der Waals surface area (Å²) in [6.45, 7) is 5.54. The smallest absolute Gasteiger partial charge is 0.299 e. The zero-order valence-corrected chi connectivity index (χ0v) is 28.6. The summed E-state index contributed by atoms with van der Waals surface area (Å²) >= 11 is 3.55. The van der Waals surface area contributed by atoms with Crippen LogP contribution < -0.4 is 0 Å². The zero-order chi connectivity index (χ0) is 34.5. The molecule has 2 saturated carbocycles. The van der Waals surface area contributed by atoms with E-state index in [0.29, 0.717) is 33.8 Å². The minimum atomic E-state index is -4.82. The fourth-order valence-electron chi connectivity index (χ4n) is 8.68. The number of aliphatic imine (C=N–C) groups is 2. The van der Waals surface area contributed by atoms with Gasteiger partial charge in [0.1, 0.15) is 21.9 Å². The van der Waals surface area contributed by atoms with E-state index in [-0.39, 0.29) is 60.1 Å². The molecule has 2 fully saturated rings. The Balaban J connectivity index is 1.23. The zero-order valence-electron chi connectivity index (χ0n) is 27.1. The van der Waals surface area contributed by atoms with Crippen molar-refractivity contribution in [1.82, 2.24) is 25.0 Å². The molecule has 4 aliphatic rings. The highest BCUT2D eigenvalue weighted by molar-refractivity contribution is 9.10. The Morgan fingerprint density at radius 2 is 1.49 bits per heavy atom. The van der Waals surface area contributed by atoms with Crippen LogP contribution in [0.3, 0.4) is 0 Å². The Morgan fingerprint density at radius 1 is 0.837 bits per heavy atom. The Labute approximate surface area is 288 Å². The summed E-state index contributed by atoms with van der Waals surface area (Å²) in [7, 11) is 0. The first-order chi connectivity index (χ1) is 23.2. The van der Waals surface area contributed by atoms with Crippen LogP contribution in [0.4, 0.5) is 24.8 Å². The normalized spacial score (nSPS) is 27.4. The summed E-state index contributed by atoms with van der Waals surface area (Å²) in [4.78, 5) is 41.6. The number of carbonyl (C=O) groups excluding carboxylic acids is 2. The molecule has 8 rings (SSSR count). The molecular formula is C36H33BrF3N7O2. The summed E-state index contributed by atoms with van der Waals surface area (Å²) < 4.78 is 47.6. The number of halogens is 4. The number of alkyl halides is 3. The largest absolute Gasteiger partial charge is 0.433 e. The molecule has 9 nitrogen and oxygen atoms in total. The highest BCUT2D eigenvalue weighted by atomic mass is 79.9. The Kier molecular flexibility index (Phi) is 7.26. The van der Waals surface area contributed by atoms with Crippen molar-refractivity contribution < 1.29 is 22.8 Å². The number of aromatic amines is 1. The summed E-state index contributed by atoms with van der Waals surface area (Å²) in [6.07, 6.45) is -0.738. The number of carbonyl (C=O) groups is 2. The van der Waals surface area contributed by atoms with Gasteiger partial charge in [0.05, 0.1) is 11.8 Å². The van der Waals surface area contributed by atoms with Gasteiger partial charge in [-0.3, -0.25) is 24.4 Å². The fraction of sp³-hybridized carbons (Fsp3) is 0.417. The van der Waals surface area contributed by atoms with Crippen molar-refractivity contribution in [2.24, 2.45) is 32.7 Å². The molecule has 1 N–H and O–H groups in total. The lowest BCUT2D eigenvalue weighted by molar-refractivity contribution is -0.146. The van der Waals surface area contributed by atoms with Gasteiger partial charge >= 0.3 is 6.18 Å². The minimum absolute atomic E-state index is 0.0303. The summed E-state index contributed by atoms with van der Waals surface area (Å²) in [6, 6.07) is 13.0. The lowest BCUT2D eigenvalue weighted by Gasteiger charge is -2.42. The van der Waals surface area contributed by atoms with Gasteiger partial charge in [-0.05, 0) is 56.8 Å². The molecule has 2 aliphatic heterocycles. The monoisotopic (exact) mass is 731 g/mol. The number of aromatic nitrogens is 5. The Morgan fingerprint density at radius 3 is 2.18 bits per heavy atom. The van der Waals surface area contributed by atoms with Crippen LogP contribution in [0.15, 0.2) is 69.4 Å². The standard InChI is InChI=1S/C36H33BrF3N7O2/c1-34(2)12-20-26(22(48)14-34)25(19-10-7-11-41-16-19)28-30(36(38,39)40)47(46-33(28)43-20)17-35(3)13-21-27(23(49)15-35)24(18-8-5-4-6-9-18)29-31(37)44-45-32(29)42-21/h4-11,16,24-27H,12-15,17H2,1-3H3,(H,44,45). The molecular weight excluding hydrogens is 699 g/mol. The van der Waals surface area contributed by atoms with E-state index in [1.54, 1.807) is 18.3 Å². The van der Waals surface area contributed by atoms with Crippen molar-refractivity contribution >= 4 is 50.6 Å². The lowest BCUT2D eigenvalue weighted by Crippen LogP contribution is -2.45. The van der Waals surface area contributed by atoms with Gasteiger partial charge < -0.3 is 0 Å². The molecule has 49 heavy (non-hydrogen) atoms. The van der Waals surface area contributed by atoms with E-state index in [1.165, 1.54) is 6.20 Å². The van der Waals surface area contributed by atoms with Crippen LogP contribution in [-0.4, -0.2) is 48.0 Å². The number of ketones is 2. The Hall–Kier alpha value is -4.26. The van der Waals surface area contributed by atoms with Crippen molar-refractivity contribution in [2.45, 2.75) is 71.0 Å². The van der Waals surface area contributed by atoms with E-state index in [0.717, 1.165) is 15.8 Å². The third-order valence-electron chi connectivity index (χ3n) is 10.4. The fourth-order valence-corrected chi connectivity index (χ4v) is 9.19. The summed E-state index contributed by atoms with van der Waals surface area (Å²) in [5.41, 5.74) is 0.974. The van der Waals surface area contributed by atoms with Gasteiger partial charge in [0.2, 0.25) is 0 Å². The molecule has 2 aliphatic carbocycles. The number of H-pyrrole nitrogens is 1. The number of nitrogens with one attached hydrogen (secondary N) is 1. The molecule has 5 atom stereocenters. The maximum absolute atomic E-state index is 15.3. The first kappa shape index (κ1) is 32.0. The second-order valence-corrected chi connectivity index (χ2v) is 15.7. The summed E-state index contributed by atoms with van der Waals surface area (Å²) in [5, 5.41) is 11.8. The SMILES string of the molecule is CC1(C)CC(=O)C2C(=Nc3nn(CC4(C)CC(=O)C5C(=Nc6n[nH]c(Br)c6C5c5ccccc5)C4)c(C(F)(F)F)c3C2c2cccnc2)C1. The molecule has 3 aromatic heterocycles. The van der Waals surface area contributed by atoms with Crippen molar-refractivity contribution in [2.75, 3.05) is 0 Å². The first-order valence-corrected chi connectivity index (χ1v) is 17.1. The summed E-state index contributed by atoms with van der Waals surface area (Å²) in [5.74, 6) is -2.53. The Bertz CT molecular complexity index is 2070. The highest BCUT2D eigenvalue weighted by Gasteiger charge is 2.53. The third-order valence-corrected chi connectivity index (χ3v) is 11.0. The van der Waals surface area contributed by atoms with Gasteiger partial charge in [-0.25, -0.2) is 9.98 Å². The van der Waals surface area contributed by atoms with Crippen molar-refractivity contribution in [3.63, 3.8) is 0 Å². The predicted molar refractivity (Wildman–Crippen MR) is 179 cm³/mol. The molecule has 0 amide bonds. The van der Waals surface area contributed by atoms with Crippen LogP contribution >= 0.6 is 15.9 Å².